The van der Waals surface area contributed by atoms with Crippen molar-refractivity contribution in [3.05, 3.63) is 91.0 Å². The van der Waals surface area contributed by atoms with Gasteiger partial charge in [-0.05, 0) is 23.8 Å². The van der Waals surface area contributed by atoms with Crippen molar-refractivity contribution >= 4 is 30.6 Å². The zero-order chi connectivity index (χ0) is 14.9. The Hall–Kier alpha value is -1.62. The summed E-state index contributed by atoms with van der Waals surface area (Å²) in [5, 5.41) is 4.19. The van der Waals surface area contributed by atoms with Gasteiger partial charge in [-0.1, -0.05) is 91.0 Å². The molecule has 0 spiro atoms. The standard InChI is InChI=1S/C18H15P.CH2O.Rh/c1-4-10-16(11-5-1)19(17-12-6-2-7-13-17)18-14-8-3-9-15-18;1-2;/h1-15H;1H2;. The summed E-state index contributed by atoms with van der Waals surface area (Å²) in [7, 11) is -0.446. The Kier molecular flexibility index (Phi) is 8.52. The number of carbonyl (C=O) groups is 1. The van der Waals surface area contributed by atoms with Gasteiger partial charge in [-0.25, -0.2) is 0 Å². The van der Waals surface area contributed by atoms with Crippen molar-refractivity contribution in [3.8, 4) is 0 Å². The molecule has 3 aromatic carbocycles. The predicted molar refractivity (Wildman–Crippen MR) is 92.3 cm³/mol. The molecule has 0 amide bonds. The molecule has 0 aliphatic carbocycles. The zero-order valence-electron chi connectivity index (χ0n) is 12.1. The topological polar surface area (TPSA) is 17.1 Å². The van der Waals surface area contributed by atoms with E-state index in [4.69, 9.17) is 4.79 Å². The summed E-state index contributed by atoms with van der Waals surface area (Å²) < 4.78 is 0. The summed E-state index contributed by atoms with van der Waals surface area (Å²) in [6, 6.07) is 32.3. The summed E-state index contributed by atoms with van der Waals surface area (Å²) in [5.74, 6) is 0. The van der Waals surface area contributed by atoms with Crippen LogP contribution >= 0.6 is 7.92 Å². The molecular weight excluding hydrogens is 378 g/mol. The maximum atomic E-state index is 8.00. The van der Waals surface area contributed by atoms with Gasteiger partial charge >= 0.3 is 0 Å². The summed E-state index contributed by atoms with van der Waals surface area (Å²) in [5.41, 5.74) is 0. The van der Waals surface area contributed by atoms with Crippen LogP contribution in [0.5, 0.6) is 0 Å². The molecular formula is C19H17OPRh. The summed E-state index contributed by atoms with van der Waals surface area (Å²) in [6.07, 6.45) is 0. The number of rotatable bonds is 3. The number of hydrogen-bond acceptors (Lipinski definition) is 1. The van der Waals surface area contributed by atoms with E-state index in [-0.39, 0.29) is 19.5 Å². The third kappa shape index (κ3) is 4.70. The molecule has 3 aromatic rings. The van der Waals surface area contributed by atoms with Gasteiger partial charge in [0.25, 0.3) is 0 Å². The molecule has 0 aliphatic heterocycles. The van der Waals surface area contributed by atoms with E-state index in [0.717, 1.165) is 0 Å². The second-order valence-corrected chi connectivity index (χ2v) is 6.56. The quantitative estimate of drug-likeness (QED) is 0.492. The molecule has 22 heavy (non-hydrogen) atoms. The molecule has 3 heteroatoms. The minimum atomic E-state index is -0.446. The second kappa shape index (κ2) is 10.2. The molecule has 0 saturated heterocycles. The first-order valence-corrected chi connectivity index (χ1v) is 8.03. The Bertz CT molecular complexity index is 550. The Labute approximate surface area is 145 Å². The molecule has 3 rings (SSSR count). The molecule has 0 aliphatic rings. The third-order valence-electron chi connectivity index (χ3n) is 3.04. The first kappa shape index (κ1) is 18.4. The van der Waals surface area contributed by atoms with Crippen molar-refractivity contribution in [2.45, 2.75) is 0 Å². The third-order valence-corrected chi connectivity index (χ3v) is 5.49. The van der Waals surface area contributed by atoms with Crippen LogP contribution in [0, 0.1) is 0 Å². The van der Waals surface area contributed by atoms with Gasteiger partial charge in [0.15, 0.2) is 0 Å². The molecule has 0 N–H and O–H groups in total. The van der Waals surface area contributed by atoms with Crippen molar-refractivity contribution in [2.24, 2.45) is 0 Å². The van der Waals surface area contributed by atoms with E-state index in [1.807, 2.05) is 6.79 Å². The number of carbonyl (C=O) groups excluding carboxylic acids is 1. The van der Waals surface area contributed by atoms with E-state index in [9.17, 15) is 0 Å². The van der Waals surface area contributed by atoms with Crippen LogP contribution in [0.25, 0.3) is 0 Å². The average molecular weight is 395 g/mol. The molecule has 0 saturated carbocycles. The predicted octanol–water partition coefficient (Wildman–Crippen LogP) is 3.26. The van der Waals surface area contributed by atoms with E-state index in [1.165, 1.54) is 15.9 Å². The molecule has 1 nitrogen and oxygen atoms in total. The maximum Gasteiger partial charge on any atom is 0.106 e. The smallest absolute Gasteiger partial charge is 0.106 e. The zero-order valence-corrected chi connectivity index (χ0v) is 14.6. The minimum Gasteiger partial charge on any atom is -0.307 e. The van der Waals surface area contributed by atoms with Gasteiger partial charge < -0.3 is 4.79 Å². The second-order valence-electron chi connectivity index (χ2n) is 4.34. The first-order chi connectivity index (χ1) is 10.4. The normalized spacial score (nSPS) is 9.32. The van der Waals surface area contributed by atoms with Crippen LogP contribution in [-0.2, 0) is 24.3 Å². The van der Waals surface area contributed by atoms with Crippen LogP contribution in [0.3, 0.4) is 0 Å². The van der Waals surface area contributed by atoms with Crippen LogP contribution in [0.2, 0.25) is 0 Å². The Morgan fingerprint density at radius 3 is 0.955 bits per heavy atom. The SMILES string of the molecule is C=O.[Rh].c1ccc(P(c2ccccc2)c2ccccc2)cc1. The van der Waals surface area contributed by atoms with E-state index in [2.05, 4.69) is 91.0 Å². The number of hydrogen-bond donors (Lipinski definition) is 0. The monoisotopic (exact) mass is 395 g/mol. The Morgan fingerprint density at radius 2 is 0.727 bits per heavy atom. The summed E-state index contributed by atoms with van der Waals surface area (Å²) in [4.78, 5) is 8.00. The van der Waals surface area contributed by atoms with E-state index >= 15 is 0 Å². The van der Waals surface area contributed by atoms with Gasteiger partial charge in [0.2, 0.25) is 0 Å². The van der Waals surface area contributed by atoms with Crippen molar-refractivity contribution in [2.75, 3.05) is 0 Å². The fourth-order valence-corrected chi connectivity index (χ4v) is 4.48. The summed E-state index contributed by atoms with van der Waals surface area (Å²) in [6.45, 7) is 2.00. The Balaban J connectivity index is 0.000000775. The maximum absolute atomic E-state index is 8.00. The van der Waals surface area contributed by atoms with Crippen LogP contribution in [0.4, 0.5) is 0 Å². The van der Waals surface area contributed by atoms with Crippen LogP contribution in [0.15, 0.2) is 91.0 Å². The minimum absolute atomic E-state index is 0. The van der Waals surface area contributed by atoms with Gasteiger partial charge in [0.05, 0.1) is 0 Å². The molecule has 0 atom stereocenters. The number of benzene rings is 3. The van der Waals surface area contributed by atoms with Crippen molar-refractivity contribution < 1.29 is 24.3 Å². The van der Waals surface area contributed by atoms with Crippen LogP contribution < -0.4 is 15.9 Å². The first-order valence-electron chi connectivity index (χ1n) is 6.69. The molecule has 0 fully saturated rings. The molecule has 0 unspecified atom stereocenters. The van der Waals surface area contributed by atoms with E-state index in [0.29, 0.717) is 0 Å². The summed E-state index contributed by atoms with van der Waals surface area (Å²) >= 11 is 0. The molecule has 113 valence electrons. The van der Waals surface area contributed by atoms with E-state index in [1.54, 1.807) is 0 Å². The molecule has 0 aromatic heterocycles. The van der Waals surface area contributed by atoms with Gasteiger partial charge in [0, 0.05) is 19.5 Å². The van der Waals surface area contributed by atoms with Crippen LogP contribution in [0.1, 0.15) is 0 Å². The molecule has 0 heterocycles. The fourth-order valence-electron chi connectivity index (χ4n) is 2.18. The van der Waals surface area contributed by atoms with Crippen molar-refractivity contribution in [1.29, 1.82) is 0 Å². The largest absolute Gasteiger partial charge is 0.307 e. The van der Waals surface area contributed by atoms with Crippen molar-refractivity contribution in [1.82, 2.24) is 0 Å². The molecule has 1 radical (unpaired) electrons. The van der Waals surface area contributed by atoms with Crippen LogP contribution in [-0.4, -0.2) is 6.79 Å². The van der Waals surface area contributed by atoms with Gasteiger partial charge in [-0.2, -0.15) is 0 Å². The fraction of sp³-hybridized carbons (Fsp3) is 0. The van der Waals surface area contributed by atoms with Gasteiger partial charge in [-0.3, -0.25) is 0 Å². The van der Waals surface area contributed by atoms with Gasteiger partial charge in [-0.15, -0.1) is 0 Å². The molecule has 0 bridgehead atoms. The average Bonchev–Trinajstić information content (AvgIpc) is 2.60. The van der Waals surface area contributed by atoms with E-state index < -0.39 is 7.92 Å². The van der Waals surface area contributed by atoms with Gasteiger partial charge in [0.1, 0.15) is 6.79 Å². The van der Waals surface area contributed by atoms with Crippen molar-refractivity contribution in [3.63, 3.8) is 0 Å². The Morgan fingerprint density at radius 1 is 0.500 bits per heavy atom.